The molecule has 3 N–H and O–H groups in total. The highest BCUT2D eigenvalue weighted by atomic mass is 16.5. The zero-order valence-corrected chi connectivity index (χ0v) is 26.1. The molecule has 1 heterocycles. The second-order valence-corrected chi connectivity index (χ2v) is 11.9. The Morgan fingerprint density at radius 3 is 2.27 bits per heavy atom. The summed E-state index contributed by atoms with van der Waals surface area (Å²) in [5.74, 6) is 0.520. The number of hydrogen-bond donors (Lipinski definition) is 3. The number of carbonyl (C=O) groups excluding carboxylic acids is 2. The molecule has 0 saturated heterocycles. The van der Waals surface area contributed by atoms with Crippen LogP contribution in [0.3, 0.4) is 0 Å². The maximum atomic E-state index is 13.6. The van der Waals surface area contributed by atoms with Gasteiger partial charge in [-0.3, -0.25) is 9.69 Å². The SMILES string of the molecule is C[C@@H]1CN([C@@H](C)CO)C(=O)Cc2cc(NC(=O)Nc3ccccc3)ccc2O[C@H]1CN(C)Cc1ccc(-c2ccccc2)cc1. The van der Waals surface area contributed by atoms with Gasteiger partial charge >= 0.3 is 6.03 Å². The lowest BCUT2D eigenvalue weighted by molar-refractivity contribution is -0.134. The predicted octanol–water partition coefficient (Wildman–Crippen LogP) is 6.28. The maximum absolute atomic E-state index is 13.6. The van der Waals surface area contributed by atoms with Crippen LogP contribution in [0.5, 0.6) is 5.75 Å². The average Bonchev–Trinajstić information content (AvgIpc) is 3.09. The molecule has 0 saturated carbocycles. The summed E-state index contributed by atoms with van der Waals surface area (Å²) in [6, 6.07) is 32.9. The van der Waals surface area contributed by atoms with Crippen LogP contribution >= 0.6 is 0 Å². The summed E-state index contributed by atoms with van der Waals surface area (Å²) in [4.78, 5) is 30.2. The molecule has 3 amide bonds. The number of hydrogen-bond acceptors (Lipinski definition) is 5. The summed E-state index contributed by atoms with van der Waals surface area (Å²) in [7, 11) is 2.08. The first kappa shape index (κ1) is 31.8. The van der Waals surface area contributed by atoms with Gasteiger partial charge < -0.3 is 25.4 Å². The number of amides is 3. The second-order valence-electron chi connectivity index (χ2n) is 11.9. The van der Waals surface area contributed by atoms with Crippen LogP contribution in [-0.4, -0.2) is 65.7 Å². The Balaban J connectivity index is 1.33. The van der Waals surface area contributed by atoms with E-state index in [-0.39, 0.29) is 43.0 Å². The standard InChI is InChI=1S/C37H42N4O4/c1-26-22-41(27(2)25-42)36(43)21-31-20-33(39-37(44)38-32-12-8-5-9-13-32)18-19-34(31)45-35(26)24-40(3)23-28-14-16-30(17-15-28)29-10-6-4-7-11-29/h4-20,26-27,35,42H,21-25H2,1-3H3,(H2,38,39,44)/t26-,27+,35+/m1/s1. The fraction of sp³-hybridized carbons (Fsp3) is 0.297. The first-order valence-corrected chi connectivity index (χ1v) is 15.4. The molecule has 0 aliphatic carbocycles. The zero-order valence-electron chi connectivity index (χ0n) is 26.1. The molecule has 5 rings (SSSR count). The van der Waals surface area contributed by atoms with Gasteiger partial charge in [0.1, 0.15) is 11.9 Å². The van der Waals surface area contributed by atoms with E-state index in [1.54, 1.807) is 17.0 Å². The van der Waals surface area contributed by atoms with Crippen molar-refractivity contribution in [3.63, 3.8) is 0 Å². The Morgan fingerprint density at radius 1 is 0.933 bits per heavy atom. The van der Waals surface area contributed by atoms with Crippen LogP contribution in [0, 0.1) is 5.92 Å². The summed E-state index contributed by atoms with van der Waals surface area (Å²) >= 11 is 0. The van der Waals surface area contributed by atoms with Crippen LogP contribution in [0.1, 0.15) is 25.0 Å². The number of carbonyl (C=O) groups is 2. The molecule has 0 aromatic heterocycles. The van der Waals surface area contributed by atoms with Gasteiger partial charge in [-0.2, -0.15) is 0 Å². The third-order valence-electron chi connectivity index (χ3n) is 8.21. The monoisotopic (exact) mass is 606 g/mol. The molecule has 234 valence electrons. The second kappa shape index (κ2) is 14.9. The molecule has 4 aromatic carbocycles. The van der Waals surface area contributed by atoms with Gasteiger partial charge in [0.15, 0.2) is 0 Å². The molecule has 0 radical (unpaired) electrons. The fourth-order valence-electron chi connectivity index (χ4n) is 5.66. The summed E-state index contributed by atoms with van der Waals surface area (Å²) < 4.78 is 6.67. The van der Waals surface area contributed by atoms with Gasteiger partial charge in [0, 0.05) is 42.5 Å². The van der Waals surface area contributed by atoms with Crippen LogP contribution < -0.4 is 15.4 Å². The van der Waals surface area contributed by atoms with Crippen LogP contribution in [0.4, 0.5) is 16.2 Å². The van der Waals surface area contributed by atoms with Gasteiger partial charge in [-0.05, 0) is 61.0 Å². The molecule has 1 aliphatic rings. The Kier molecular flexibility index (Phi) is 10.5. The van der Waals surface area contributed by atoms with E-state index in [4.69, 9.17) is 4.74 Å². The van der Waals surface area contributed by atoms with E-state index < -0.39 is 0 Å². The van der Waals surface area contributed by atoms with E-state index in [1.807, 2.05) is 61.5 Å². The van der Waals surface area contributed by atoms with Gasteiger partial charge in [-0.15, -0.1) is 0 Å². The highest BCUT2D eigenvalue weighted by Gasteiger charge is 2.31. The first-order chi connectivity index (χ1) is 21.8. The molecule has 8 nitrogen and oxygen atoms in total. The quantitative estimate of drug-likeness (QED) is 0.209. The number of likely N-dealkylation sites (N-methyl/N-ethyl adjacent to an activating group) is 1. The molecular formula is C37H42N4O4. The normalized spacial score (nSPS) is 17.4. The van der Waals surface area contributed by atoms with Crippen LogP contribution in [0.25, 0.3) is 11.1 Å². The molecule has 3 atom stereocenters. The summed E-state index contributed by atoms with van der Waals surface area (Å²) in [5.41, 5.74) is 5.49. The molecule has 0 unspecified atom stereocenters. The van der Waals surface area contributed by atoms with Crippen molar-refractivity contribution in [2.75, 3.05) is 37.4 Å². The Morgan fingerprint density at radius 2 is 1.58 bits per heavy atom. The van der Waals surface area contributed by atoms with E-state index in [0.29, 0.717) is 35.8 Å². The third kappa shape index (κ3) is 8.50. The number of rotatable bonds is 9. The Labute approximate surface area is 265 Å². The molecule has 0 bridgehead atoms. The van der Waals surface area contributed by atoms with Crippen molar-refractivity contribution < 1.29 is 19.4 Å². The summed E-state index contributed by atoms with van der Waals surface area (Å²) in [6.07, 6.45) is -0.129. The number of aliphatic hydroxyl groups excluding tert-OH is 1. The molecule has 0 spiro atoms. The van der Waals surface area contributed by atoms with Crippen molar-refractivity contribution in [1.29, 1.82) is 0 Å². The number of nitrogens with one attached hydrogen (secondary N) is 2. The lowest BCUT2D eigenvalue weighted by atomic mass is 10.0. The Bertz CT molecular complexity index is 1560. The number of aliphatic hydroxyl groups is 1. The number of ether oxygens (including phenoxy) is 1. The van der Waals surface area contributed by atoms with Gasteiger partial charge in [0.05, 0.1) is 19.1 Å². The topological polar surface area (TPSA) is 94.1 Å². The summed E-state index contributed by atoms with van der Waals surface area (Å²) in [6.45, 7) is 5.66. The van der Waals surface area contributed by atoms with Crippen molar-refractivity contribution in [3.05, 3.63) is 114 Å². The molecular weight excluding hydrogens is 564 g/mol. The smallest absolute Gasteiger partial charge is 0.323 e. The predicted molar refractivity (Wildman–Crippen MR) is 179 cm³/mol. The fourth-order valence-corrected chi connectivity index (χ4v) is 5.66. The van der Waals surface area contributed by atoms with Gasteiger partial charge in [-0.25, -0.2) is 4.79 Å². The van der Waals surface area contributed by atoms with Crippen molar-refractivity contribution in [3.8, 4) is 16.9 Å². The number of anilines is 2. The largest absolute Gasteiger partial charge is 0.488 e. The minimum atomic E-state index is -0.378. The molecule has 45 heavy (non-hydrogen) atoms. The zero-order chi connectivity index (χ0) is 31.8. The average molecular weight is 607 g/mol. The van der Waals surface area contributed by atoms with Crippen LogP contribution in [-0.2, 0) is 17.8 Å². The van der Waals surface area contributed by atoms with Crippen molar-refractivity contribution in [2.24, 2.45) is 5.92 Å². The lowest BCUT2D eigenvalue weighted by Gasteiger charge is -2.34. The van der Waals surface area contributed by atoms with Crippen LogP contribution in [0.2, 0.25) is 0 Å². The minimum absolute atomic E-state index is 0.00809. The van der Waals surface area contributed by atoms with Crippen molar-refractivity contribution >= 4 is 23.3 Å². The lowest BCUT2D eigenvalue weighted by Crippen LogP contribution is -2.47. The van der Waals surface area contributed by atoms with Gasteiger partial charge in [0.25, 0.3) is 0 Å². The van der Waals surface area contributed by atoms with Crippen LogP contribution in [0.15, 0.2) is 103 Å². The van der Waals surface area contributed by atoms with E-state index in [0.717, 1.165) is 6.54 Å². The first-order valence-electron chi connectivity index (χ1n) is 15.4. The molecule has 4 aromatic rings. The number of urea groups is 1. The highest BCUT2D eigenvalue weighted by molar-refractivity contribution is 6.00. The third-order valence-corrected chi connectivity index (χ3v) is 8.21. The molecule has 8 heteroatoms. The number of para-hydroxylation sites is 1. The highest BCUT2D eigenvalue weighted by Crippen LogP contribution is 2.30. The van der Waals surface area contributed by atoms with Gasteiger partial charge in [0.2, 0.25) is 5.91 Å². The van der Waals surface area contributed by atoms with E-state index in [2.05, 4.69) is 65.9 Å². The number of nitrogens with zero attached hydrogens (tertiary/aromatic N) is 2. The number of benzene rings is 4. The summed E-state index contributed by atoms with van der Waals surface area (Å²) in [5, 5.41) is 15.6. The molecule has 1 aliphatic heterocycles. The minimum Gasteiger partial charge on any atom is -0.488 e. The Hall–Kier alpha value is -4.66. The molecule has 0 fully saturated rings. The number of fused-ring (bicyclic) bond motifs is 1. The van der Waals surface area contributed by atoms with Crippen molar-refractivity contribution in [2.45, 2.75) is 39.0 Å². The van der Waals surface area contributed by atoms with E-state index in [9.17, 15) is 14.7 Å². The van der Waals surface area contributed by atoms with Gasteiger partial charge in [-0.1, -0.05) is 79.7 Å². The van der Waals surface area contributed by atoms with Crippen molar-refractivity contribution in [1.82, 2.24) is 9.80 Å². The van der Waals surface area contributed by atoms with E-state index in [1.165, 1.54) is 16.7 Å². The maximum Gasteiger partial charge on any atom is 0.323 e. The van der Waals surface area contributed by atoms with E-state index >= 15 is 0 Å².